The van der Waals surface area contributed by atoms with Gasteiger partial charge in [-0.15, -0.1) is 0 Å². The maximum atomic E-state index is 14.5. The van der Waals surface area contributed by atoms with Gasteiger partial charge in [0.15, 0.2) is 0 Å². The van der Waals surface area contributed by atoms with Crippen LogP contribution in [0.2, 0.25) is 0 Å². The summed E-state index contributed by atoms with van der Waals surface area (Å²) < 4.78 is 54.5. The first kappa shape index (κ1) is 27.4. The van der Waals surface area contributed by atoms with Crippen molar-refractivity contribution in [2.24, 2.45) is 0 Å². The highest BCUT2D eigenvalue weighted by molar-refractivity contribution is 5.91. The van der Waals surface area contributed by atoms with Gasteiger partial charge in [-0.3, -0.25) is 4.98 Å². The normalized spacial score (nSPS) is 17.8. The van der Waals surface area contributed by atoms with Crippen LogP contribution in [0, 0.1) is 5.82 Å². The monoisotopic (exact) mass is 528 g/mol. The lowest BCUT2D eigenvalue weighted by atomic mass is 10.1. The molecule has 0 spiro atoms. The van der Waals surface area contributed by atoms with Gasteiger partial charge in [-0.2, -0.15) is 8.78 Å². The second kappa shape index (κ2) is 11.9. The van der Waals surface area contributed by atoms with Crippen molar-refractivity contribution in [1.29, 1.82) is 0 Å². The number of aromatic nitrogens is 1. The van der Waals surface area contributed by atoms with Gasteiger partial charge < -0.3 is 19.1 Å². The molecule has 38 heavy (non-hydrogen) atoms. The van der Waals surface area contributed by atoms with Crippen LogP contribution in [0.1, 0.15) is 56.0 Å². The molecule has 2 atom stereocenters. The molecule has 6 rings (SSSR count). The third kappa shape index (κ3) is 7.71. The molecule has 2 aromatic carbocycles. The minimum absolute atomic E-state index is 0.00114. The van der Waals surface area contributed by atoms with E-state index in [-0.39, 0.29) is 11.3 Å². The molecule has 0 amide bonds. The van der Waals surface area contributed by atoms with Crippen LogP contribution in [0.25, 0.3) is 0 Å². The molecule has 2 aliphatic heterocycles. The number of hydrogen-bond acceptors (Lipinski definition) is 6. The zero-order valence-corrected chi connectivity index (χ0v) is 21.6. The van der Waals surface area contributed by atoms with E-state index in [2.05, 4.69) is 9.72 Å². The Morgan fingerprint density at radius 2 is 1.76 bits per heavy atom. The summed E-state index contributed by atoms with van der Waals surface area (Å²) in [7, 11) is 0. The maximum Gasteiger partial charge on any atom is 0.387 e. The highest BCUT2D eigenvalue weighted by Gasteiger charge is 2.36. The average molecular weight is 529 g/mol. The molecule has 6 nitrogen and oxygen atoms in total. The summed E-state index contributed by atoms with van der Waals surface area (Å²) >= 11 is 0. The Bertz CT molecular complexity index is 1200. The van der Waals surface area contributed by atoms with Gasteiger partial charge in [-0.25, -0.2) is 9.18 Å². The van der Waals surface area contributed by atoms with Crippen molar-refractivity contribution in [2.75, 3.05) is 4.90 Å². The molecule has 1 saturated carbocycles. The largest absolute Gasteiger partial charge is 0.456 e. The Labute approximate surface area is 220 Å². The molecule has 3 aromatic rings. The van der Waals surface area contributed by atoms with Crippen molar-refractivity contribution < 1.29 is 32.2 Å². The number of halogens is 3. The lowest BCUT2D eigenvalue weighted by Gasteiger charge is -2.26. The standard InChI is InChI=1S/C24H23F3N2O3.C5H8O/c1-24(2,3)32-22(30)17-11-18(25)13-20(12-17)29(15-16-5-4-10-28-14-16)19-6-8-21(9-7-19)31-23(26)27;1-2-5-3-4(1)6-5/h4-14,23H,15H2,1-3H3;4-5H,1-3H2. The lowest BCUT2D eigenvalue weighted by molar-refractivity contribution is -0.0647. The maximum absolute atomic E-state index is 14.5. The van der Waals surface area contributed by atoms with Crippen molar-refractivity contribution >= 4 is 17.3 Å². The Hall–Kier alpha value is -3.59. The Morgan fingerprint density at radius 3 is 2.29 bits per heavy atom. The van der Waals surface area contributed by atoms with Gasteiger partial charge >= 0.3 is 12.6 Å². The summed E-state index contributed by atoms with van der Waals surface area (Å²) in [4.78, 5) is 18.4. The highest BCUT2D eigenvalue weighted by atomic mass is 19.3. The fraction of sp³-hybridized carbons (Fsp3) is 0.379. The average Bonchev–Trinajstić information content (AvgIpc) is 3.49. The quantitative estimate of drug-likeness (QED) is 0.306. The van der Waals surface area contributed by atoms with Crippen LogP contribution < -0.4 is 9.64 Å². The molecule has 3 fully saturated rings. The Balaban J connectivity index is 0.000000483. The fourth-order valence-electron chi connectivity index (χ4n) is 4.30. The van der Waals surface area contributed by atoms with E-state index >= 15 is 0 Å². The summed E-state index contributed by atoms with van der Waals surface area (Å²) in [6.45, 7) is 2.53. The molecule has 2 bridgehead atoms. The highest BCUT2D eigenvalue weighted by Crippen LogP contribution is 2.36. The third-order valence-electron chi connectivity index (χ3n) is 5.99. The smallest absolute Gasteiger partial charge is 0.387 e. The number of ether oxygens (including phenoxy) is 3. The minimum Gasteiger partial charge on any atom is -0.456 e. The zero-order chi connectivity index (χ0) is 27.3. The number of fused-ring (bicyclic) bond motifs is 1. The number of hydrogen-bond donors (Lipinski definition) is 0. The summed E-state index contributed by atoms with van der Waals surface area (Å²) in [5.41, 5.74) is 1.11. The van der Waals surface area contributed by atoms with Gasteiger partial charge in [0.05, 0.1) is 17.8 Å². The van der Waals surface area contributed by atoms with E-state index in [1.807, 2.05) is 6.07 Å². The molecular formula is C29H31F3N2O4. The third-order valence-corrected chi connectivity index (χ3v) is 5.99. The second-order valence-electron chi connectivity index (χ2n) is 10.2. The van der Waals surface area contributed by atoms with Crippen LogP contribution in [0.15, 0.2) is 67.0 Å². The number of pyridine rings is 1. The summed E-state index contributed by atoms with van der Waals surface area (Å²) in [5.74, 6) is -1.27. The van der Waals surface area contributed by atoms with Crippen LogP contribution >= 0.6 is 0 Å². The van der Waals surface area contributed by atoms with E-state index in [1.54, 1.807) is 56.3 Å². The molecular weight excluding hydrogens is 497 g/mol. The molecule has 202 valence electrons. The minimum atomic E-state index is -2.94. The van der Waals surface area contributed by atoms with Gasteiger partial charge in [0, 0.05) is 30.3 Å². The number of benzene rings is 2. The van der Waals surface area contributed by atoms with E-state index in [0.29, 0.717) is 30.1 Å². The van der Waals surface area contributed by atoms with Gasteiger partial charge in [-0.05, 0) is 94.1 Å². The molecule has 0 N–H and O–H groups in total. The number of carbonyl (C=O) groups excluding carboxylic acids is 1. The summed E-state index contributed by atoms with van der Waals surface area (Å²) in [5, 5.41) is 0. The molecule has 1 aliphatic carbocycles. The predicted molar refractivity (Wildman–Crippen MR) is 137 cm³/mol. The van der Waals surface area contributed by atoms with Gasteiger partial charge in [0.2, 0.25) is 0 Å². The Kier molecular flexibility index (Phi) is 8.56. The van der Waals surface area contributed by atoms with Crippen molar-refractivity contribution in [3.8, 4) is 5.75 Å². The first-order valence-electron chi connectivity index (χ1n) is 12.5. The van der Waals surface area contributed by atoms with Crippen molar-refractivity contribution in [3.05, 3.63) is 83.9 Å². The van der Waals surface area contributed by atoms with E-state index in [9.17, 15) is 18.0 Å². The first-order chi connectivity index (χ1) is 18.1. The van der Waals surface area contributed by atoms with Gasteiger partial charge in [-0.1, -0.05) is 6.07 Å². The second-order valence-corrected chi connectivity index (χ2v) is 10.2. The molecule has 2 saturated heterocycles. The van der Waals surface area contributed by atoms with E-state index in [0.717, 1.165) is 11.6 Å². The summed E-state index contributed by atoms with van der Waals surface area (Å²) in [6.07, 6.45) is 8.71. The number of esters is 1. The van der Waals surface area contributed by atoms with Crippen LogP contribution in [-0.2, 0) is 16.0 Å². The van der Waals surface area contributed by atoms with Crippen LogP contribution in [-0.4, -0.2) is 35.4 Å². The van der Waals surface area contributed by atoms with Crippen molar-refractivity contribution in [3.63, 3.8) is 0 Å². The molecule has 0 radical (unpaired) electrons. The summed E-state index contributed by atoms with van der Waals surface area (Å²) in [6, 6.07) is 13.5. The molecule has 3 heterocycles. The van der Waals surface area contributed by atoms with E-state index in [1.165, 1.54) is 43.5 Å². The van der Waals surface area contributed by atoms with Crippen LogP contribution in [0.4, 0.5) is 24.5 Å². The SMILES string of the molecule is C1CC2CC1O2.CC(C)(C)OC(=O)c1cc(F)cc(N(Cc2cccnc2)c2ccc(OC(F)F)cc2)c1. The van der Waals surface area contributed by atoms with E-state index < -0.39 is 24.0 Å². The topological polar surface area (TPSA) is 60.9 Å². The predicted octanol–water partition coefficient (Wildman–Crippen LogP) is 7.05. The van der Waals surface area contributed by atoms with Gasteiger partial charge in [0.1, 0.15) is 17.2 Å². The van der Waals surface area contributed by atoms with E-state index in [4.69, 9.17) is 9.47 Å². The van der Waals surface area contributed by atoms with Crippen LogP contribution in [0.3, 0.4) is 0 Å². The van der Waals surface area contributed by atoms with Crippen molar-refractivity contribution in [2.45, 2.75) is 71.0 Å². The number of anilines is 2. The number of alkyl halides is 2. The Morgan fingerprint density at radius 1 is 1.08 bits per heavy atom. The molecule has 2 unspecified atom stereocenters. The van der Waals surface area contributed by atoms with Crippen molar-refractivity contribution in [1.82, 2.24) is 4.98 Å². The number of rotatable bonds is 7. The zero-order valence-electron chi connectivity index (χ0n) is 21.6. The molecule has 9 heteroatoms. The molecule has 1 aromatic heterocycles. The van der Waals surface area contributed by atoms with Gasteiger partial charge in [0.25, 0.3) is 0 Å². The lowest BCUT2D eigenvalue weighted by Crippen LogP contribution is -2.25. The number of carbonyl (C=O) groups is 1. The fourth-order valence-corrected chi connectivity index (χ4v) is 4.30. The first-order valence-corrected chi connectivity index (χ1v) is 12.5. The molecule has 3 aliphatic rings. The number of nitrogens with zero attached hydrogens (tertiary/aromatic N) is 2. The van der Waals surface area contributed by atoms with Crippen LogP contribution in [0.5, 0.6) is 5.75 Å².